The molecule has 156 valence electrons. The van der Waals surface area contributed by atoms with Crippen LogP contribution in [0.25, 0.3) is 10.9 Å². The van der Waals surface area contributed by atoms with E-state index in [4.69, 9.17) is 16.0 Å². The lowest BCUT2D eigenvalue weighted by Crippen LogP contribution is -2.26. The van der Waals surface area contributed by atoms with E-state index in [-0.39, 0.29) is 30.2 Å². The van der Waals surface area contributed by atoms with Crippen LogP contribution in [0.15, 0.2) is 70.1 Å². The van der Waals surface area contributed by atoms with E-state index in [1.807, 2.05) is 0 Å². The molecule has 31 heavy (non-hydrogen) atoms. The van der Waals surface area contributed by atoms with Crippen molar-refractivity contribution in [1.82, 2.24) is 15.0 Å². The normalized spacial score (nSPS) is 10.7. The van der Waals surface area contributed by atoms with Gasteiger partial charge in [-0.2, -0.15) is 0 Å². The molecule has 0 atom stereocenters. The molecule has 0 radical (unpaired) electrons. The summed E-state index contributed by atoms with van der Waals surface area (Å²) in [5, 5.41) is 14.0. The average Bonchev–Trinajstić information content (AvgIpc) is 3.30. The molecular formula is C21H16ClN5O4. The van der Waals surface area contributed by atoms with E-state index in [2.05, 4.69) is 20.9 Å². The number of hydrogen-bond acceptors (Lipinski definition) is 6. The van der Waals surface area contributed by atoms with Crippen molar-refractivity contribution in [2.24, 2.45) is 0 Å². The van der Waals surface area contributed by atoms with Crippen LogP contribution in [0.2, 0.25) is 5.02 Å². The molecule has 0 spiro atoms. The highest BCUT2D eigenvalue weighted by Gasteiger charge is 2.14. The molecule has 2 heterocycles. The molecule has 0 aliphatic carbocycles. The van der Waals surface area contributed by atoms with Gasteiger partial charge in [-0.1, -0.05) is 28.9 Å². The summed E-state index contributed by atoms with van der Waals surface area (Å²) in [5.74, 6) is -0.745. The Labute approximate surface area is 180 Å². The molecule has 2 amide bonds. The summed E-state index contributed by atoms with van der Waals surface area (Å²) in [6.45, 7) is 0.0458. The second kappa shape index (κ2) is 8.80. The number of aryl methyl sites for hydroxylation is 1. The van der Waals surface area contributed by atoms with Gasteiger partial charge < -0.3 is 15.1 Å². The minimum absolute atomic E-state index is 0.0267. The number of aromatic nitrogens is 3. The van der Waals surface area contributed by atoms with Crippen LogP contribution in [0.5, 0.6) is 0 Å². The van der Waals surface area contributed by atoms with Crippen molar-refractivity contribution in [2.75, 3.05) is 10.6 Å². The molecule has 0 aliphatic heterocycles. The Hall–Kier alpha value is -3.98. The van der Waals surface area contributed by atoms with Crippen molar-refractivity contribution in [1.29, 1.82) is 0 Å². The minimum Gasteiger partial charge on any atom is -0.459 e. The quantitative estimate of drug-likeness (QED) is 0.477. The Balaban J connectivity index is 1.46. The summed E-state index contributed by atoms with van der Waals surface area (Å²) in [6, 6.07) is 14.6. The predicted octanol–water partition coefficient (Wildman–Crippen LogP) is 3.32. The first-order valence-electron chi connectivity index (χ1n) is 9.28. The average molecular weight is 438 g/mol. The first-order chi connectivity index (χ1) is 15.0. The minimum atomic E-state index is -0.485. The Morgan fingerprint density at radius 3 is 2.68 bits per heavy atom. The highest BCUT2D eigenvalue weighted by molar-refractivity contribution is 6.31. The van der Waals surface area contributed by atoms with Gasteiger partial charge in [0.15, 0.2) is 5.76 Å². The first kappa shape index (κ1) is 20.3. The first-order valence-corrected chi connectivity index (χ1v) is 9.66. The van der Waals surface area contributed by atoms with Gasteiger partial charge in [0.05, 0.1) is 29.6 Å². The molecule has 2 aromatic carbocycles. The van der Waals surface area contributed by atoms with E-state index >= 15 is 0 Å². The second-order valence-corrected chi connectivity index (χ2v) is 6.99. The molecule has 0 saturated heterocycles. The predicted molar refractivity (Wildman–Crippen MR) is 115 cm³/mol. The Morgan fingerprint density at radius 1 is 1.03 bits per heavy atom. The Kier molecular flexibility index (Phi) is 5.76. The summed E-state index contributed by atoms with van der Waals surface area (Å²) < 4.78 is 6.21. The topological polar surface area (TPSA) is 119 Å². The van der Waals surface area contributed by atoms with E-state index in [0.717, 1.165) is 4.68 Å². The largest absolute Gasteiger partial charge is 0.459 e. The number of fused-ring (bicyclic) bond motifs is 1. The van der Waals surface area contributed by atoms with Crippen LogP contribution in [0.3, 0.4) is 0 Å². The number of benzene rings is 2. The summed E-state index contributed by atoms with van der Waals surface area (Å²) in [4.78, 5) is 37.2. The van der Waals surface area contributed by atoms with Gasteiger partial charge in [-0.15, -0.1) is 5.10 Å². The lowest BCUT2D eigenvalue weighted by molar-refractivity contribution is -0.116. The maximum Gasteiger partial charge on any atom is 0.291 e. The Bertz CT molecular complexity index is 1320. The van der Waals surface area contributed by atoms with Crippen molar-refractivity contribution in [3.63, 3.8) is 0 Å². The molecule has 0 unspecified atom stereocenters. The number of furan rings is 1. The Morgan fingerprint density at radius 2 is 1.87 bits per heavy atom. The fourth-order valence-electron chi connectivity index (χ4n) is 2.91. The summed E-state index contributed by atoms with van der Waals surface area (Å²) in [7, 11) is 0. The van der Waals surface area contributed by atoms with Crippen molar-refractivity contribution < 1.29 is 14.0 Å². The van der Waals surface area contributed by atoms with E-state index in [1.165, 1.54) is 18.4 Å². The van der Waals surface area contributed by atoms with Crippen LogP contribution in [-0.4, -0.2) is 26.8 Å². The van der Waals surface area contributed by atoms with Gasteiger partial charge >= 0.3 is 0 Å². The van der Waals surface area contributed by atoms with Gasteiger partial charge in [0, 0.05) is 11.4 Å². The third-order valence-corrected chi connectivity index (χ3v) is 4.66. The molecule has 10 heteroatoms. The molecule has 4 rings (SSSR count). The third-order valence-electron chi connectivity index (χ3n) is 4.43. The molecule has 0 saturated carbocycles. The highest BCUT2D eigenvalue weighted by Crippen LogP contribution is 2.26. The van der Waals surface area contributed by atoms with Crippen LogP contribution in [-0.2, 0) is 11.3 Å². The van der Waals surface area contributed by atoms with E-state index in [0.29, 0.717) is 27.3 Å². The number of nitrogens with zero attached hydrogens (tertiary/aromatic N) is 3. The third kappa shape index (κ3) is 4.62. The SMILES string of the molecule is O=C(CCn1nnc2ccccc2c1=O)Nc1ccc(Cl)cc1NC(=O)c1ccco1. The zero-order valence-electron chi connectivity index (χ0n) is 16.0. The molecule has 0 aliphatic rings. The van der Waals surface area contributed by atoms with Gasteiger partial charge in [0.2, 0.25) is 5.91 Å². The smallest absolute Gasteiger partial charge is 0.291 e. The van der Waals surface area contributed by atoms with E-state index in [9.17, 15) is 14.4 Å². The van der Waals surface area contributed by atoms with Crippen LogP contribution in [0, 0.1) is 0 Å². The van der Waals surface area contributed by atoms with Crippen molar-refractivity contribution in [3.8, 4) is 0 Å². The molecule has 2 N–H and O–H groups in total. The number of carbonyl (C=O) groups excluding carboxylic acids is 2. The fraction of sp³-hybridized carbons (Fsp3) is 0.0952. The second-order valence-electron chi connectivity index (χ2n) is 6.55. The lowest BCUT2D eigenvalue weighted by atomic mass is 10.2. The standard InChI is InChI=1S/C21H16ClN5O4/c22-13-7-8-16(17(12-13)24-20(29)18-6-3-11-31-18)23-19(28)9-10-27-21(30)14-4-1-2-5-15(14)25-26-27/h1-8,11-12H,9-10H2,(H,23,28)(H,24,29). The van der Waals surface area contributed by atoms with Crippen LogP contribution in [0.4, 0.5) is 11.4 Å². The number of amides is 2. The summed E-state index contributed by atoms with van der Waals surface area (Å²) in [6.07, 6.45) is 1.36. The van der Waals surface area contributed by atoms with Gasteiger partial charge in [-0.05, 0) is 42.5 Å². The number of nitrogens with one attached hydrogen (secondary N) is 2. The van der Waals surface area contributed by atoms with Gasteiger partial charge in [-0.25, -0.2) is 4.68 Å². The van der Waals surface area contributed by atoms with Crippen LogP contribution >= 0.6 is 11.6 Å². The lowest BCUT2D eigenvalue weighted by Gasteiger charge is -2.12. The molecule has 4 aromatic rings. The van der Waals surface area contributed by atoms with Crippen LogP contribution in [0.1, 0.15) is 17.0 Å². The fourth-order valence-corrected chi connectivity index (χ4v) is 3.08. The van der Waals surface area contributed by atoms with Crippen LogP contribution < -0.4 is 16.2 Å². The van der Waals surface area contributed by atoms with Crippen molar-refractivity contribution >= 4 is 45.7 Å². The molecule has 2 aromatic heterocycles. The van der Waals surface area contributed by atoms with E-state index in [1.54, 1.807) is 42.5 Å². The number of carbonyl (C=O) groups is 2. The van der Waals surface area contributed by atoms with E-state index < -0.39 is 5.91 Å². The van der Waals surface area contributed by atoms with Crippen molar-refractivity contribution in [3.05, 3.63) is 82.0 Å². The van der Waals surface area contributed by atoms with Gasteiger partial charge in [-0.3, -0.25) is 14.4 Å². The van der Waals surface area contributed by atoms with Gasteiger partial charge in [0.1, 0.15) is 5.52 Å². The monoisotopic (exact) mass is 437 g/mol. The zero-order chi connectivity index (χ0) is 21.8. The molecule has 0 bridgehead atoms. The number of rotatable bonds is 6. The number of anilines is 2. The molecule has 0 fully saturated rings. The maximum absolute atomic E-state index is 12.5. The summed E-state index contributed by atoms with van der Waals surface area (Å²) in [5.41, 5.74) is 0.832. The van der Waals surface area contributed by atoms with Gasteiger partial charge in [0.25, 0.3) is 11.5 Å². The zero-order valence-corrected chi connectivity index (χ0v) is 16.8. The number of halogens is 1. The number of hydrogen-bond donors (Lipinski definition) is 2. The summed E-state index contributed by atoms with van der Waals surface area (Å²) >= 11 is 6.03. The highest BCUT2D eigenvalue weighted by atomic mass is 35.5. The molecular weight excluding hydrogens is 422 g/mol. The van der Waals surface area contributed by atoms with Crippen molar-refractivity contribution in [2.45, 2.75) is 13.0 Å². The molecule has 9 nitrogen and oxygen atoms in total. The maximum atomic E-state index is 12.5.